The number of amides is 1. The van der Waals surface area contributed by atoms with E-state index in [1.54, 1.807) is 18.8 Å². The van der Waals surface area contributed by atoms with Gasteiger partial charge in [-0.15, -0.1) is 11.8 Å². The van der Waals surface area contributed by atoms with Crippen molar-refractivity contribution in [1.82, 2.24) is 5.32 Å². The molecule has 2 nitrogen and oxygen atoms in total. The van der Waals surface area contributed by atoms with Gasteiger partial charge in [0, 0.05) is 11.9 Å². The Labute approximate surface area is 102 Å². The molecule has 1 aromatic carbocycles. The molecule has 1 aromatic rings. The van der Waals surface area contributed by atoms with Crippen LogP contribution in [0.1, 0.15) is 22.3 Å². The van der Waals surface area contributed by atoms with Crippen LogP contribution in [0.2, 0.25) is 0 Å². The average molecular weight is 237 g/mol. The van der Waals surface area contributed by atoms with Crippen LogP contribution in [0.4, 0.5) is 0 Å². The van der Waals surface area contributed by atoms with Crippen LogP contribution < -0.4 is 5.32 Å². The minimum Gasteiger partial charge on any atom is -0.358 e. The van der Waals surface area contributed by atoms with E-state index in [1.165, 1.54) is 27.1 Å². The number of nitrogens with one attached hydrogen (secondary N) is 1. The first kappa shape index (κ1) is 13.1. The molecular weight excluding hydrogens is 218 g/mol. The van der Waals surface area contributed by atoms with Crippen LogP contribution in [0.5, 0.6) is 0 Å². The smallest absolute Gasteiger partial charge is 0.230 e. The molecule has 0 aliphatic rings. The van der Waals surface area contributed by atoms with Gasteiger partial charge in [0.1, 0.15) is 0 Å². The Hall–Kier alpha value is -0.960. The van der Waals surface area contributed by atoms with Gasteiger partial charge in [-0.3, -0.25) is 4.79 Å². The largest absolute Gasteiger partial charge is 0.358 e. The van der Waals surface area contributed by atoms with Crippen molar-refractivity contribution in [2.75, 3.05) is 12.8 Å². The fraction of sp³-hybridized carbons (Fsp3) is 0.462. The fourth-order valence-electron chi connectivity index (χ4n) is 1.61. The van der Waals surface area contributed by atoms with E-state index in [-0.39, 0.29) is 5.91 Å². The minimum atomic E-state index is 0.0722. The summed E-state index contributed by atoms with van der Waals surface area (Å²) in [6, 6.07) is 2.20. The molecule has 0 radical (unpaired) electrons. The number of benzene rings is 1. The van der Waals surface area contributed by atoms with Crippen molar-refractivity contribution < 1.29 is 4.79 Å². The van der Waals surface area contributed by atoms with Gasteiger partial charge >= 0.3 is 0 Å². The summed E-state index contributed by atoms with van der Waals surface area (Å²) in [6.07, 6.45) is 0. The number of carbonyl (C=O) groups excluding carboxylic acids is 1. The molecule has 0 aliphatic heterocycles. The van der Waals surface area contributed by atoms with Crippen LogP contribution in [0.3, 0.4) is 0 Å². The molecule has 0 atom stereocenters. The number of thioether (sulfide) groups is 1. The molecule has 0 unspecified atom stereocenters. The number of hydrogen-bond acceptors (Lipinski definition) is 2. The lowest BCUT2D eigenvalue weighted by Gasteiger charge is -2.14. The first-order valence-electron chi connectivity index (χ1n) is 5.38. The third-order valence-corrected chi connectivity index (χ3v) is 4.23. The van der Waals surface area contributed by atoms with Gasteiger partial charge in [0.2, 0.25) is 5.91 Å². The molecule has 88 valence electrons. The van der Waals surface area contributed by atoms with E-state index in [9.17, 15) is 4.79 Å². The summed E-state index contributed by atoms with van der Waals surface area (Å²) in [7, 11) is 1.67. The van der Waals surface area contributed by atoms with E-state index in [2.05, 4.69) is 39.1 Å². The Morgan fingerprint density at radius 3 is 2.12 bits per heavy atom. The maximum atomic E-state index is 11.2. The topological polar surface area (TPSA) is 29.1 Å². The highest BCUT2D eigenvalue weighted by atomic mass is 32.2. The van der Waals surface area contributed by atoms with Crippen LogP contribution >= 0.6 is 11.8 Å². The molecule has 0 spiro atoms. The molecule has 0 aromatic heterocycles. The zero-order chi connectivity index (χ0) is 12.3. The van der Waals surface area contributed by atoms with Crippen molar-refractivity contribution in [3.05, 3.63) is 28.3 Å². The van der Waals surface area contributed by atoms with E-state index in [4.69, 9.17) is 0 Å². The first-order chi connectivity index (χ1) is 7.47. The zero-order valence-electron chi connectivity index (χ0n) is 10.6. The Bertz CT molecular complexity index is 387. The van der Waals surface area contributed by atoms with Crippen LogP contribution in [0.25, 0.3) is 0 Å². The van der Waals surface area contributed by atoms with E-state index in [0.29, 0.717) is 5.75 Å². The molecule has 0 aliphatic carbocycles. The lowest BCUT2D eigenvalue weighted by atomic mass is 10.0. The van der Waals surface area contributed by atoms with Crippen molar-refractivity contribution in [3.63, 3.8) is 0 Å². The molecule has 0 fully saturated rings. The highest BCUT2D eigenvalue weighted by molar-refractivity contribution is 8.00. The van der Waals surface area contributed by atoms with Gasteiger partial charge in [-0.2, -0.15) is 0 Å². The van der Waals surface area contributed by atoms with Crippen molar-refractivity contribution >= 4 is 17.7 Å². The Balaban J connectivity index is 2.99. The molecule has 1 amide bonds. The predicted molar refractivity (Wildman–Crippen MR) is 70.2 cm³/mol. The lowest BCUT2D eigenvalue weighted by Crippen LogP contribution is -2.19. The van der Waals surface area contributed by atoms with Gasteiger partial charge in [0.25, 0.3) is 0 Å². The number of aryl methyl sites for hydroxylation is 2. The molecule has 0 saturated heterocycles. The van der Waals surface area contributed by atoms with Gasteiger partial charge in [-0.1, -0.05) is 6.07 Å². The van der Waals surface area contributed by atoms with Gasteiger partial charge < -0.3 is 5.32 Å². The van der Waals surface area contributed by atoms with Crippen LogP contribution in [0, 0.1) is 27.7 Å². The second-order valence-electron chi connectivity index (χ2n) is 4.05. The van der Waals surface area contributed by atoms with Crippen LogP contribution in [0.15, 0.2) is 11.0 Å². The van der Waals surface area contributed by atoms with E-state index in [1.807, 2.05) is 0 Å². The van der Waals surface area contributed by atoms with E-state index < -0.39 is 0 Å². The SMILES string of the molecule is CNC(=O)CSc1c(C)c(C)cc(C)c1C. The molecule has 3 heteroatoms. The van der Waals surface area contributed by atoms with Crippen LogP contribution in [-0.2, 0) is 4.79 Å². The third kappa shape index (κ3) is 2.79. The highest BCUT2D eigenvalue weighted by Crippen LogP contribution is 2.30. The normalized spacial score (nSPS) is 10.3. The predicted octanol–water partition coefficient (Wildman–Crippen LogP) is 2.76. The molecular formula is C13H19NOS. The highest BCUT2D eigenvalue weighted by Gasteiger charge is 2.10. The Morgan fingerprint density at radius 1 is 1.19 bits per heavy atom. The summed E-state index contributed by atoms with van der Waals surface area (Å²) in [6.45, 7) is 8.47. The maximum absolute atomic E-state index is 11.2. The Kier molecular flexibility index (Phi) is 4.42. The molecule has 0 heterocycles. The number of carbonyl (C=O) groups is 1. The summed E-state index contributed by atoms with van der Waals surface area (Å²) in [4.78, 5) is 12.5. The Morgan fingerprint density at radius 2 is 1.69 bits per heavy atom. The van der Waals surface area contributed by atoms with Gasteiger partial charge in [0.15, 0.2) is 0 Å². The maximum Gasteiger partial charge on any atom is 0.230 e. The zero-order valence-corrected chi connectivity index (χ0v) is 11.4. The van der Waals surface area contributed by atoms with Gasteiger partial charge in [0.05, 0.1) is 5.75 Å². The minimum absolute atomic E-state index is 0.0722. The summed E-state index contributed by atoms with van der Waals surface area (Å²) in [5.74, 6) is 0.559. The second-order valence-corrected chi connectivity index (χ2v) is 5.04. The van der Waals surface area contributed by atoms with Crippen molar-refractivity contribution in [2.45, 2.75) is 32.6 Å². The van der Waals surface area contributed by atoms with Crippen LogP contribution in [-0.4, -0.2) is 18.7 Å². The van der Waals surface area contributed by atoms with Crippen molar-refractivity contribution in [1.29, 1.82) is 0 Å². The second kappa shape index (κ2) is 5.39. The lowest BCUT2D eigenvalue weighted by molar-refractivity contribution is -0.118. The molecule has 0 bridgehead atoms. The van der Waals surface area contributed by atoms with E-state index in [0.717, 1.165) is 0 Å². The summed E-state index contributed by atoms with van der Waals surface area (Å²) in [5, 5.41) is 2.64. The van der Waals surface area contributed by atoms with E-state index >= 15 is 0 Å². The summed E-state index contributed by atoms with van der Waals surface area (Å²) in [5.41, 5.74) is 5.17. The quantitative estimate of drug-likeness (QED) is 0.819. The van der Waals surface area contributed by atoms with Crippen molar-refractivity contribution in [2.24, 2.45) is 0 Å². The molecule has 16 heavy (non-hydrogen) atoms. The monoisotopic (exact) mass is 237 g/mol. The molecule has 0 saturated carbocycles. The van der Waals surface area contributed by atoms with Crippen molar-refractivity contribution in [3.8, 4) is 0 Å². The molecule has 1 N–H and O–H groups in total. The van der Waals surface area contributed by atoms with Gasteiger partial charge in [-0.25, -0.2) is 0 Å². The summed E-state index contributed by atoms with van der Waals surface area (Å²) < 4.78 is 0. The average Bonchev–Trinajstić information content (AvgIpc) is 2.26. The first-order valence-corrected chi connectivity index (χ1v) is 6.36. The number of rotatable bonds is 3. The van der Waals surface area contributed by atoms with Gasteiger partial charge in [-0.05, 0) is 49.9 Å². The summed E-state index contributed by atoms with van der Waals surface area (Å²) >= 11 is 1.62. The number of hydrogen-bond donors (Lipinski definition) is 1. The third-order valence-electron chi connectivity index (χ3n) is 2.92. The fourth-order valence-corrected chi connectivity index (χ4v) is 2.78. The molecule has 1 rings (SSSR count). The standard InChI is InChI=1S/C13H19NOS/c1-8-6-9(2)11(4)13(10(8)3)16-7-12(15)14-5/h6H,7H2,1-5H3,(H,14,15).